The van der Waals surface area contributed by atoms with Gasteiger partial charge in [-0.1, -0.05) is 28.1 Å². The maximum Gasteiger partial charge on any atom is 0.229 e. The minimum absolute atomic E-state index is 0.0779. The highest BCUT2D eigenvalue weighted by atomic mass is 79.9. The van der Waals surface area contributed by atoms with Crippen LogP contribution in [-0.4, -0.2) is 10.5 Å². The zero-order valence-corrected chi connectivity index (χ0v) is 10.6. The van der Waals surface area contributed by atoms with Gasteiger partial charge in [0.25, 0.3) is 0 Å². The van der Waals surface area contributed by atoms with E-state index in [1.165, 1.54) is 0 Å². The smallest absolute Gasteiger partial charge is 0.229 e. The number of halogens is 3. The first kappa shape index (κ1) is 12.7. The fraction of sp³-hybridized carbons (Fsp3) is 0.200. The zero-order chi connectivity index (χ0) is 11.4. The molecule has 5 heteroatoms. The molecule has 1 unspecified atom stereocenters. The Morgan fingerprint density at radius 2 is 1.73 bits per heavy atom. The number of hydrogen-bond acceptors (Lipinski definition) is 2. The molecule has 0 spiro atoms. The summed E-state index contributed by atoms with van der Waals surface area (Å²) >= 11 is 13.9. The predicted molar refractivity (Wildman–Crippen MR) is 63.2 cm³/mol. The van der Waals surface area contributed by atoms with Crippen molar-refractivity contribution in [1.29, 1.82) is 0 Å². The van der Waals surface area contributed by atoms with E-state index < -0.39 is 16.4 Å². The van der Waals surface area contributed by atoms with Crippen molar-refractivity contribution >= 4 is 49.6 Å². The van der Waals surface area contributed by atoms with Crippen LogP contribution in [0.1, 0.15) is 17.9 Å². The molecule has 0 radical (unpaired) electrons. The second-order valence-corrected chi connectivity index (χ2v) is 4.68. The van der Waals surface area contributed by atoms with E-state index in [9.17, 15) is 9.59 Å². The van der Waals surface area contributed by atoms with Crippen LogP contribution in [0.4, 0.5) is 0 Å². The van der Waals surface area contributed by atoms with Gasteiger partial charge < -0.3 is 0 Å². The second kappa shape index (κ2) is 5.64. The van der Waals surface area contributed by atoms with Crippen molar-refractivity contribution in [3.8, 4) is 0 Å². The van der Waals surface area contributed by atoms with Crippen molar-refractivity contribution in [2.75, 3.05) is 0 Å². The van der Waals surface area contributed by atoms with E-state index in [4.69, 9.17) is 23.2 Å². The molecule has 0 fully saturated rings. The molecule has 80 valence electrons. The van der Waals surface area contributed by atoms with Crippen LogP contribution in [0.5, 0.6) is 0 Å². The van der Waals surface area contributed by atoms with Gasteiger partial charge in [0.05, 0.1) is 5.92 Å². The Bertz CT molecular complexity index is 376. The molecule has 15 heavy (non-hydrogen) atoms. The van der Waals surface area contributed by atoms with Gasteiger partial charge in [-0.3, -0.25) is 9.59 Å². The summed E-state index contributed by atoms with van der Waals surface area (Å²) in [6.45, 7) is 0. The van der Waals surface area contributed by atoms with Gasteiger partial charge in [-0.15, -0.1) is 0 Å². The van der Waals surface area contributed by atoms with Crippen LogP contribution >= 0.6 is 39.1 Å². The molecule has 0 bridgehead atoms. The molecule has 0 aliphatic carbocycles. The standard InChI is InChI=1S/C10H7BrCl2O2/c11-7-3-1-6(2-4-7)8(10(13)15)5-9(12)14/h1-4,8H,5H2. The van der Waals surface area contributed by atoms with Gasteiger partial charge >= 0.3 is 0 Å². The molecule has 0 heterocycles. The Hall–Kier alpha value is -0.380. The maximum atomic E-state index is 11.1. The first-order valence-electron chi connectivity index (χ1n) is 4.14. The second-order valence-electron chi connectivity index (χ2n) is 2.97. The highest BCUT2D eigenvalue weighted by Gasteiger charge is 2.21. The molecule has 1 atom stereocenters. The van der Waals surface area contributed by atoms with Crippen LogP contribution in [0, 0.1) is 0 Å². The van der Waals surface area contributed by atoms with Gasteiger partial charge in [-0.05, 0) is 40.9 Å². The van der Waals surface area contributed by atoms with Crippen LogP contribution in [-0.2, 0) is 9.59 Å². The average Bonchev–Trinajstić information content (AvgIpc) is 2.15. The fourth-order valence-electron chi connectivity index (χ4n) is 1.18. The molecule has 0 saturated heterocycles. The quantitative estimate of drug-likeness (QED) is 0.798. The third kappa shape index (κ3) is 3.93. The summed E-state index contributed by atoms with van der Waals surface area (Å²) < 4.78 is 0.893. The Morgan fingerprint density at radius 1 is 1.20 bits per heavy atom. The van der Waals surface area contributed by atoms with Gasteiger partial charge in [0.15, 0.2) is 0 Å². The summed E-state index contributed by atoms with van der Waals surface area (Å²) in [5.41, 5.74) is 0.687. The van der Waals surface area contributed by atoms with Crippen molar-refractivity contribution in [2.45, 2.75) is 12.3 Å². The van der Waals surface area contributed by atoms with Gasteiger partial charge in [0.1, 0.15) is 0 Å². The summed E-state index contributed by atoms with van der Waals surface area (Å²) in [5, 5.41) is -1.15. The molecule has 0 aromatic heterocycles. The van der Waals surface area contributed by atoms with Crippen molar-refractivity contribution in [2.24, 2.45) is 0 Å². The number of carbonyl (C=O) groups is 2. The Kier molecular flexibility index (Phi) is 4.77. The molecule has 2 nitrogen and oxygen atoms in total. The summed E-state index contributed by atoms with van der Waals surface area (Å²) in [4.78, 5) is 21.9. The average molecular weight is 310 g/mol. The van der Waals surface area contributed by atoms with Crippen LogP contribution in [0.15, 0.2) is 28.7 Å². The highest BCUT2D eigenvalue weighted by molar-refractivity contribution is 9.10. The Morgan fingerprint density at radius 3 is 2.13 bits per heavy atom. The summed E-state index contributed by atoms with van der Waals surface area (Å²) in [5.74, 6) is -0.662. The van der Waals surface area contributed by atoms with E-state index in [0.29, 0.717) is 5.56 Å². The van der Waals surface area contributed by atoms with Crippen LogP contribution in [0.25, 0.3) is 0 Å². The van der Waals surface area contributed by atoms with Crippen LogP contribution < -0.4 is 0 Å². The van der Waals surface area contributed by atoms with Gasteiger partial charge in [0.2, 0.25) is 10.5 Å². The monoisotopic (exact) mass is 308 g/mol. The molecular weight excluding hydrogens is 303 g/mol. The predicted octanol–water partition coefficient (Wildman–Crippen LogP) is 3.45. The van der Waals surface area contributed by atoms with Crippen LogP contribution in [0.3, 0.4) is 0 Å². The molecule has 0 aliphatic rings. The number of benzene rings is 1. The first-order chi connectivity index (χ1) is 7.00. The molecule has 0 amide bonds. The lowest BCUT2D eigenvalue weighted by Gasteiger charge is -2.10. The zero-order valence-electron chi connectivity index (χ0n) is 7.54. The lowest BCUT2D eigenvalue weighted by Crippen LogP contribution is -2.09. The Labute approximate surface area is 106 Å². The van der Waals surface area contributed by atoms with E-state index >= 15 is 0 Å². The topological polar surface area (TPSA) is 34.1 Å². The van der Waals surface area contributed by atoms with E-state index in [2.05, 4.69) is 15.9 Å². The highest BCUT2D eigenvalue weighted by Crippen LogP contribution is 2.25. The van der Waals surface area contributed by atoms with Crippen molar-refractivity contribution in [1.82, 2.24) is 0 Å². The third-order valence-electron chi connectivity index (χ3n) is 1.91. The molecular formula is C10H7BrCl2O2. The Balaban J connectivity index is 2.94. The lowest BCUT2D eigenvalue weighted by atomic mass is 9.98. The number of rotatable bonds is 4. The fourth-order valence-corrected chi connectivity index (χ4v) is 1.81. The number of carbonyl (C=O) groups excluding carboxylic acids is 2. The lowest BCUT2D eigenvalue weighted by molar-refractivity contribution is -0.117. The number of hydrogen-bond donors (Lipinski definition) is 0. The van der Waals surface area contributed by atoms with Crippen LogP contribution in [0.2, 0.25) is 0 Å². The SMILES string of the molecule is O=C(Cl)CC(C(=O)Cl)c1ccc(Br)cc1. The van der Waals surface area contributed by atoms with E-state index in [-0.39, 0.29) is 6.42 Å². The van der Waals surface area contributed by atoms with Gasteiger partial charge in [-0.2, -0.15) is 0 Å². The third-order valence-corrected chi connectivity index (χ3v) is 2.86. The normalized spacial score (nSPS) is 12.2. The maximum absolute atomic E-state index is 11.1. The minimum Gasteiger partial charge on any atom is -0.281 e. The van der Waals surface area contributed by atoms with Crippen molar-refractivity contribution < 1.29 is 9.59 Å². The summed E-state index contributed by atoms with van der Waals surface area (Å²) in [7, 11) is 0. The molecule has 1 rings (SSSR count). The van der Waals surface area contributed by atoms with Gasteiger partial charge in [-0.25, -0.2) is 0 Å². The van der Waals surface area contributed by atoms with E-state index in [1.807, 2.05) is 0 Å². The molecule has 0 aliphatic heterocycles. The molecule has 0 N–H and O–H groups in total. The van der Waals surface area contributed by atoms with E-state index in [0.717, 1.165) is 4.47 Å². The van der Waals surface area contributed by atoms with Gasteiger partial charge in [0, 0.05) is 10.9 Å². The largest absolute Gasteiger partial charge is 0.281 e. The summed E-state index contributed by atoms with van der Waals surface area (Å²) in [6.07, 6.45) is -0.0779. The summed E-state index contributed by atoms with van der Waals surface area (Å²) in [6, 6.07) is 7.02. The minimum atomic E-state index is -0.662. The molecule has 0 saturated carbocycles. The van der Waals surface area contributed by atoms with E-state index in [1.54, 1.807) is 24.3 Å². The van der Waals surface area contributed by atoms with Crippen molar-refractivity contribution in [3.05, 3.63) is 34.3 Å². The van der Waals surface area contributed by atoms with Crippen molar-refractivity contribution in [3.63, 3.8) is 0 Å². The first-order valence-corrected chi connectivity index (χ1v) is 5.68. The molecule has 1 aromatic carbocycles. The molecule has 1 aromatic rings.